The van der Waals surface area contributed by atoms with Gasteiger partial charge in [-0.05, 0) is 24.3 Å². The summed E-state index contributed by atoms with van der Waals surface area (Å²) in [5, 5.41) is 12.7. The fourth-order valence-electron chi connectivity index (χ4n) is 1.35. The Balaban J connectivity index is 2.51. The van der Waals surface area contributed by atoms with Crippen molar-refractivity contribution in [3.05, 3.63) is 41.8 Å². The van der Waals surface area contributed by atoms with E-state index in [1.54, 1.807) is 36.1 Å². The first kappa shape index (κ1) is 9.41. The summed E-state index contributed by atoms with van der Waals surface area (Å²) in [5.41, 5.74) is 1.29. The minimum atomic E-state index is -0.423. The topological polar surface area (TPSA) is 41.6 Å². The van der Waals surface area contributed by atoms with Crippen LogP contribution in [0.3, 0.4) is 0 Å². The Morgan fingerprint density at radius 3 is 2.73 bits per heavy atom. The number of halogens is 1. The van der Waals surface area contributed by atoms with Crippen molar-refractivity contribution in [1.29, 1.82) is 5.26 Å². The van der Waals surface area contributed by atoms with E-state index in [0.29, 0.717) is 16.8 Å². The number of aryl methyl sites for hydroxylation is 1. The Morgan fingerprint density at radius 2 is 2.20 bits per heavy atom. The quantitative estimate of drug-likeness (QED) is 0.709. The predicted octanol–water partition coefficient (Wildman–Crippen LogP) is 2.10. The zero-order valence-corrected chi connectivity index (χ0v) is 8.11. The van der Waals surface area contributed by atoms with Crippen molar-refractivity contribution in [2.75, 3.05) is 0 Å². The Labute approximate surface area is 86.4 Å². The minimum absolute atomic E-state index is 0.312. The summed E-state index contributed by atoms with van der Waals surface area (Å²) in [7, 11) is 1.77. The minimum Gasteiger partial charge on any atom is -0.275 e. The number of nitrogens with zero attached hydrogens (tertiary/aromatic N) is 3. The van der Waals surface area contributed by atoms with Crippen molar-refractivity contribution < 1.29 is 4.39 Å². The van der Waals surface area contributed by atoms with Gasteiger partial charge in [-0.25, -0.2) is 4.39 Å². The molecule has 2 aromatic rings. The van der Waals surface area contributed by atoms with E-state index >= 15 is 0 Å². The van der Waals surface area contributed by atoms with Gasteiger partial charge in [0.1, 0.15) is 5.82 Å². The van der Waals surface area contributed by atoms with Crippen LogP contribution in [0, 0.1) is 17.1 Å². The van der Waals surface area contributed by atoms with Crippen LogP contribution in [-0.2, 0) is 7.05 Å². The van der Waals surface area contributed by atoms with Crippen LogP contribution in [0.25, 0.3) is 11.3 Å². The van der Waals surface area contributed by atoms with E-state index in [-0.39, 0.29) is 0 Å². The van der Waals surface area contributed by atoms with Gasteiger partial charge in [0.05, 0.1) is 17.3 Å². The SMILES string of the molecule is Cn1ccc(-c2ccc(C#N)cc2F)n1. The summed E-state index contributed by atoms with van der Waals surface area (Å²) in [6.45, 7) is 0. The first-order valence-electron chi connectivity index (χ1n) is 4.40. The molecule has 74 valence electrons. The lowest BCUT2D eigenvalue weighted by molar-refractivity contribution is 0.629. The molecule has 1 aromatic heterocycles. The molecule has 0 N–H and O–H groups in total. The number of aromatic nitrogens is 2. The maximum Gasteiger partial charge on any atom is 0.133 e. The van der Waals surface area contributed by atoms with Crippen molar-refractivity contribution in [2.45, 2.75) is 0 Å². The molecule has 0 radical (unpaired) electrons. The molecule has 15 heavy (non-hydrogen) atoms. The van der Waals surface area contributed by atoms with Crippen LogP contribution in [0.2, 0.25) is 0 Å². The van der Waals surface area contributed by atoms with Gasteiger partial charge in [-0.3, -0.25) is 4.68 Å². The predicted molar refractivity (Wildman–Crippen MR) is 53.3 cm³/mol. The molecule has 0 amide bonds. The number of benzene rings is 1. The van der Waals surface area contributed by atoms with Crippen molar-refractivity contribution in [3.63, 3.8) is 0 Å². The molecule has 0 bridgehead atoms. The highest BCUT2D eigenvalue weighted by Gasteiger charge is 2.08. The Hall–Kier alpha value is -2.15. The summed E-state index contributed by atoms with van der Waals surface area (Å²) >= 11 is 0. The first-order valence-corrected chi connectivity index (χ1v) is 4.40. The maximum absolute atomic E-state index is 13.5. The Bertz CT molecular complexity index is 537. The van der Waals surface area contributed by atoms with Crippen LogP contribution in [-0.4, -0.2) is 9.78 Å². The Morgan fingerprint density at radius 1 is 1.40 bits per heavy atom. The summed E-state index contributed by atoms with van der Waals surface area (Å²) in [6.07, 6.45) is 1.74. The van der Waals surface area contributed by atoms with Gasteiger partial charge in [-0.1, -0.05) is 0 Å². The second kappa shape index (κ2) is 3.54. The molecule has 2 rings (SSSR count). The van der Waals surface area contributed by atoms with Crippen LogP contribution < -0.4 is 0 Å². The summed E-state index contributed by atoms with van der Waals surface area (Å²) in [5.74, 6) is -0.423. The largest absolute Gasteiger partial charge is 0.275 e. The molecule has 0 fully saturated rings. The molecule has 0 aliphatic carbocycles. The fraction of sp³-hybridized carbons (Fsp3) is 0.0909. The molecule has 0 saturated carbocycles. The molecular weight excluding hydrogens is 193 g/mol. The second-order valence-corrected chi connectivity index (χ2v) is 3.18. The van der Waals surface area contributed by atoms with Crippen LogP contribution >= 0.6 is 0 Å². The molecular formula is C11H8FN3. The third-order valence-corrected chi connectivity index (χ3v) is 2.09. The van der Waals surface area contributed by atoms with E-state index < -0.39 is 5.82 Å². The Kier molecular flexibility index (Phi) is 2.22. The molecule has 3 nitrogen and oxygen atoms in total. The fourth-order valence-corrected chi connectivity index (χ4v) is 1.35. The van der Waals surface area contributed by atoms with Crippen LogP contribution in [0.5, 0.6) is 0 Å². The first-order chi connectivity index (χ1) is 7.20. The molecule has 0 saturated heterocycles. The number of nitriles is 1. The summed E-state index contributed by atoms with van der Waals surface area (Å²) < 4.78 is 15.1. The van der Waals surface area contributed by atoms with Gasteiger partial charge < -0.3 is 0 Å². The third-order valence-electron chi connectivity index (χ3n) is 2.09. The van der Waals surface area contributed by atoms with Crippen molar-refractivity contribution in [2.24, 2.45) is 7.05 Å². The van der Waals surface area contributed by atoms with Gasteiger partial charge in [-0.15, -0.1) is 0 Å². The van der Waals surface area contributed by atoms with Crippen LogP contribution in [0.15, 0.2) is 30.5 Å². The average Bonchev–Trinajstić information content (AvgIpc) is 2.64. The zero-order valence-electron chi connectivity index (χ0n) is 8.11. The lowest BCUT2D eigenvalue weighted by atomic mass is 10.1. The van der Waals surface area contributed by atoms with E-state index in [0.717, 1.165) is 0 Å². The molecule has 0 aliphatic heterocycles. The maximum atomic E-state index is 13.5. The van der Waals surface area contributed by atoms with Gasteiger partial charge in [-0.2, -0.15) is 10.4 Å². The molecule has 0 spiro atoms. The highest BCUT2D eigenvalue weighted by atomic mass is 19.1. The number of hydrogen-bond donors (Lipinski definition) is 0. The van der Waals surface area contributed by atoms with Crippen molar-refractivity contribution in [3.8, 4) is 17.3 Å². The van der Waals surface area contributed by atoms with E-state index in [2.05, 4.69) is 5.10 Å². The smallest absolute Gasteiger partial charge is 0.133 e. The molecule has 4 heteroatoms. The molecule has 1 aromatic carbocycles. The number of hydrogen-bond acceptors (Lipinski definition) is 2. The van der Waals surface area contributed by atoms with Crippen molar-refractivity contribution >= 4 is 0 Å². The molecule has 0 aliphatic rings. The molecule has 0 atom stereocenters. The van der Waals surface area contributed by atoms with Gasteiger partial charge in [0.25, 0.3) is 0 Å². The third kappa shape index (κ3) is 1.72. The molecule has 1 heterocycles. The van der Waals surface area contributed by atoms with E-state index in [4.69, 9.17) is 5.26 Å². The second-order valence-electron chi connectivity index (χ2n) is 3.18. The van der Waals surface area contributed by atoms with Gasteiger partial charge >= 0.3 is 0 Å². The highest BCUT2D eigenvalue weighted by molar-refractivity contribution is 5.60. The summed E-state index contributed by atoms with van der Waals surface area (Å²) in [4.78, 5) is 0. The van der Waals surface area contributed by atoms with Gasteiger partial charge in [0.2, 0.25) is 0 Å². The van der Waals surface area contributed by atoms with Gasteiger partial charge in [0.15, 0.2) is 0 Å². The van der Waals surface area contributed by atoms with E-state index in [1.807, 2.05) is 6.07 Å². The standard InChI is InChI=1S/C11H8FN3/c1-15-5-4-11(14-15)9-3-2-8(7-13)6-10(9)12/h2-6H,1H3. The summed E-state index contributed by atoms with van der Waals surface area (Å²) in [6, 6.07) is 7.97. The zero-order chi connectivity index (χ0) is 10.8. The van der Waals surface area contributed by atoms with E-state index in [9.17, 15) is 4.39 Å². The lowest BCUT2D eigenvalue weighted by Crippen LogP contribution is -1.90. The normalized spacial score (nSPS) is 9.93. The van der Waals surface area contributed by atoms with E-state index in [1.165, 1.54) is 6.07 Å². The van der Waals surface area contributed by atoms with Crippen LogP contribution in [0.1, 0.15) is 5.56 Å². The number of rotatable bonds is 1. The van der Waals surface area contributed by atoms with Crippen LogP contribution in [0.4, 0.5) is 4.39 Å². The average molecular weight is 201 g/mol. The monoisotopic (exact) mass is 201 g/mol. The highest BCUT2D eigenvalue weighted by Crippen LogP contribution is 2.21. The van der Waals surface area contributed by atoms with Crippen molar-refractivity contribution in [1.82, 2.24) is 9.78 Å². The molecule has 0 unspecified atom stereocenters. The van der Waals surface area contributed by atoms with Gasteiger partial charge in [0, 0.05) is 18.8 Å². The lowest BCUT2D eigenvalue weighted by Gasteiger charge is -1.99.